The molecule has 0 spiro atoms. The number of fused-ring (bicyclic) bond motifs is 1. The largest absolute Gasteiger partial charge is 0.364 e. The maximum atomic E-state index is 15.8. The number of hydrogen-bond acceptors (Lipinski definition) is 5. The van der Waals surface area contributed by atoms with Crippen molar-refractivity contribution >= 4 is 19.1 Å². The fraction of sp³-hybridized carbons (Fsp3) is 0.407. The Morgan fingerprint density at radius 1 is 1.14 bits per heavy atom. The minimum absolute atomic E-state index is 0.219. The van der Waals surface area contributed by atoms with Crippen LogP contribution in [0.25, 0.3) is 22.4 Å². The molecule has 1 atom stereocenters. The minimum atomic E-state index is -1.20. The maximum absolute atomic E-state index is 15.8. The summed E-state index contributed by atoms with van der Waals surface area (Å²) in [6, 6.07) is 11.1. The molecule has 35 heavy (non-hydrogen) atoms. The predicted molar refractivity (Wildman–Crippen MR) is 141 cm³/mol. The normalized spacial score (nSPS) is 20.9. The zero-order valence-electron chi connectivity index (χ0n) is 20.8. The molecule has 0 amide bonds. The van der Waals surface area contributed by atoms with Gasteiger partial charge in [0.1, 0.15) is 18.4 Å². The number of nitrogens with one attached hydrogen (secondary N) is 1. The Morgan fingerprint density at radius 3 is 2.71 bits per heavy atom. The van der Waals surface area contributed by atoms with Gasteiger partial charge in [-0.05, 0) is 55.4 Å². The highest BCUT2D eigenvalue weighted by Gasteiger charge is 2.46. The molecular formula is C27H34FN5OSi. The van der Waals surface area contributed by atoms with Crippen LogP contribution in [0.4, 0.5) is 4.39 Å². The lowest BCUT2D eigenvalue weighted by Gasteiger charge is -2.43. The van der Waals surface area contributed by atoms with E-state index in [1.807, 2.05) is 30.5 Å². The Morgan fingerprint density at radius 2 is 1.94 bits per heavy atom. The third-order valence-electron chi connectivity index (χ3n) is 6.88. The van der Waals surface area contributed by atoms with Crippen LogP contribution in [0.2, 0.25) is 25.7 Å². The van der Waals surface area contributed by atoms with Crippen molar-refractivity contribution in [2.45, 2.75) is 50.9 Å². The molecule has 184 valence electrons. The number of aromatic nitrogens is 3. The third-order valence-corrected chi connectivity index (χ3v) is 8.58. The van der Waals surface area contributed by atoms with Crippen LogP contribution in [0.1, 0.15) is 18.4 Å². The SMILES string of the molecule is C[Si](C)(C)CCOCn1c(-c2cnccc2C2(N3CCCC3)NC=CC=C2F)nc2ccccc21. The number of ether oxygens (including phenoxy) is 1. The summed E-state index contributed by atoms with van der Waals surface area (Å²) < 4.78 is 24.1. The minimum Gasteiger partial charge on any atom is -0.364 e. The Kier molecular flexibility index (Phi) is 6.61. The van der Waals surface area contributed by atoms with Crippen LogP contribution >= 0.6 is 0 Å². The molecule has 8 heteroatoms. The van der Waals surface area contributed by atoms with Gasteiger partial charge in [-0.3, -0.25) is 14.5 Å². The number of nitrogens with zero attached hydrogens (tertiary/aromatic N) is 4. The average molecular weight is 492 g/mol. The first kappa shape index (κ1) is 23.9. The van der Waals surface area contributed by atoms with Crippen LogP contribution in [-0.4, -0.2) is 47.2 Å². The molecular weight excluding hydrogens is 457 g/mol. The number of rotatable bonds is 8. The van der Waals surface area contributed by atoms with Crippen LogP contribution in [-0.2, 0) is 17.1 Å². The van der Waals surface area contributed by atoms with Crippen molar-refractivity contribution in [1.82, 2.24) is 24.8 Å². The van der Waals surface area contributed by atoms with E-state index in [0.29, 0.717) is 13.3 Å². The molecule has 0 bridgehead atoms. The zero-order valence-corrected chi connectivity index (χ0v) is 21.8. The van der Waals surface area contributed by atoms with Crippen LogP contribution < -0.4 is 5.32 Å². The van der Waals surface area contributed by atoms with Gasteiger partial charge < -0.3 is 10.1 Å². The summed E-state index contributed by atoms with van der Waals surface area (Å²) in [7, 11) is -1.20. The average Bonchev–Trinajstić information content (AvgIpc) is 3.51. The smallest absolute Gasteiger partial charge is 0.171 e. The number of para-hydroxylation sites is 2. The second kappa shape index (κ2) is 9.68. The number of dihydropyridines is 1. The Bertz CT molecular complexity index is 1260. The van der Waals surface area contributed by atoms with Gasteiger partial charge in [0.05, 0.1) is 11.0 Å². The molecule has 0 radical (unpaired) electrons. The second-order valence-corrected chi connectivity index (χ2v) is 16.2. The van der Waals surface area contributed by atoms with Crippen molar-refractivity contribution in [3.8, 4) is 11.4 Å². The lowest BCUT2D eigenvalue weighted by atomic mass is 9.90. The van der Waals surface area contributed by atoms with Gasteiger partial charge in [0.25, 0.3) is 0 Å². The lowest BCUT2D eigenvalue weighted by Crippen LogP contribution is -2.55. The summed E-state index contributed by atoms with van der Waals surface area (Å²) in [5.74, 6) is 0.522. The number of halogens is 1. The molecule has 5 rings (SSSR count). The van der Waals surface area contributed by atoms with E-state index in [1.165, 1.54) is 0 Å². The lowest BCUT2D eigenvalue weighted by molar-refractivity contribution is 0.0904. The fourth-order valence-corrected chi connectivity index (χ4v) is 5.75. The summed E-state index contributed by atoms with van der Waals surface area (Å²) in [4.78, 5) is 11.6. The summed E-state index contributed by atoms with van der Waals surface area (Å²) in [6.45, 7) is 9.78. The van der Waals surface area contributed by atoms with Gasteiger partial charge in [0.15, 0.2) is 5.66 Å². The third kappa shape index (κ3) is 4.58. The van der Waals surface area contributed by atoms with Gasteiger partial charge in [-0.1, -0.05) is 31.8 Å². The molecule has 6 nitrogen and oxygen atoms in total. The number of imidazole rings is 1. The van der Waals surface area contributed by atoms with E-state index in [9.17, 15) is 0 Å². The topological polar surface area (TPSA) is 55.2 Å². The van der Waals surface area contributed by atoms with Gasteiger partial charge >= 0.3 is 0 Å². The Hall–Kier alpha value is -2.81. The highest BCUT2D eigenvalue weighted by molar-refractivity contribution is 6.76. The van der Waals surface area contributed by atoms with Gasteiger partial charge in [-0.2, -0.15) is 0 Å². The number of benzene rings is 1. The quantitative estimate of drug-likeness (QED) is 0.327. The molecule has 1 saturated heterocycles. The fourth-order valence-electron chi connectivity index (χ4n) is 5.00. The molecule has 1 N–H and O–H groups in total. The first-order chi connectivity index (χ1) is 16.9. The van der Waals surface area contributed by atoms with E-state index in [4.69, 9.17) is 9.72 Å². The van der Waals surface area contributed by atoms with Gasteiger partial charge in [-0.25, -0.2) is 9.37 Å². The monoisotopic (exact) mass is 491 g/mol. The van der Waals surface area contributed by atoms with E-state index in [-0.39, 0.29) is 5.83 Å². The molecule has 2 aromatic heterocycles. The van der Waals surface area contributed by atoms with Crippen molar-refractivity contribution in [1.29, 1.82) is 0 Å². The number of pyridine rings is 1. The Labute approximate surface area is 207 Å². The molecule has 3 aromatic rings. The van der Waals surface area contributed by atoms with Crippen LogP contribution in [0.3, 0.4) is 0 Å². The molecule has 2 aliphatic rings. The Balaban J connectivity index is 1.61. The van der Waals surface area contributed by atoms with E-state index < -0.39 is 13.7 Å². The summed E-state index contributed by atoms with van der Waals surface area (Å²) in [5.41, 5.74) is 2.41. The van der Waals surface area contributed by atoms with Gasteiger partial charge in [0.2, 0.25) is 0 Å². The second-order valence-electron chi connectivity index (χ2n) is 10.5. The van der Waals surface area contributed by atoms with Crippen LogP contribution in [0.15, 0.2) is 66.9 Å². The van der Waals surface area contributed by atoms with Crippen molar-refractivity contribution in [3.63, 3.8) is 0 Å². The first-order valence-electron chi connectivity index (χ1n) is 12.4. The van der Waals surface area contributed by atoms with Crippen LogP contribution in [0, 0.1) is 0 Å². The molecule has 1 aromatic carbocycles. The molecule has 2 aliphatic heterocycles. The van der Waals surface area contributed by atoms with E-state index >= 15 is 4.39 Å². The highest BCUT2D eigenvalue weighted by Crippen LogP contribution is 2.42. The molecule has 0 aliphatic carbocycles. The van der Waals surface area contributed by atoms with Gasteiger partial charge in [-0.15, -0.1) is 0 Å². The summed E-state index contributed by atoms with van der Waals surface area (Å²) in [5, 5.41) is 3.38. The van der Waals surface area contributed by atoms with E-state index in [1.54, 1.807) is 24.5 Å². The van der Waals surface area contributed by atoms with Crippen molar-refractivity contribution in [2.24, 2.45) is 0 Å². The standard InChI is InChI=1S/C27H34FN5OSi/c1-35(2,3)18-17-34-20-33-24-10-5-4-9-23(24)31-26(33)21-19-29-14-12-22(21)27(32-15-6-7-16-32)25(28)11-8-13-30-27/h4-5,8-14,19,30H,6-7,15-18,20H2,1-3H3. The van der Waals surface area contributed by atoms with Gasteiger partial charge in [0, 0.05) is 51.3 Å². The maximum Gasteiger partial charge on any atom is 0.171 e. The first-order valence-corrected chi connectivity index (χ1v) is 16.1. The summed E-state index contributed by atoms with van der Waals surface area (Å²) in [6.07, 6.45) is 10.7. The number of allylic oxidation sites excluding steroid dienone is 2. The van der Waals surface area contributed by atoms with Crippen molar-refractivity contribution in [3.05, 3.63) is 72.5 Å². The van der Waals surface area contributed by atoms with Crippen molar-refractivity contribution in [2.75, 3.05) is 19.7 Å². The molecule has 1 unspecified atom stereocenters. The molecule has 1 fully saturated rings. The van der Waals surface area contributed by atoms with Crippen molar-refractivity contribution < 1.29 is 9.13 Å². The molecule has 4 heterocycles. The summed E-state index contributed by atoms with van der Waals surface area (Å²) >= 11 is 0. The predicted octanol–water partition coefficient (Wildman–Crippen LogP) is 5.63. The number of hydrogen-bond donors (Lipinski definition) is 1. The zero-order chi connectivity index (χ0) is 24.5. The van der Waals surface area contributed by atoms with E-state index in [0.717, 1.165) is 60.0 Å². The number of likely N-dealkylation sites (tertiary alicyclic amines) is 1. The molecule has 0 saturated carbocycles. The highest BCUT2D eigenvalue weighted by atomic mass is 28.3. The van der Waals surface area contributed by atoms with Crippen LogP contribution in [0.5, 0.6) is 0 Å². The van der Waals surface area contributed by atoms with E-state index in [2.05, 4.69) is 45.5 Å².